The van der Waals surface area contributed by atoms with Crippen LogP contribution in [0.5, 0.6) is 0 Å². The third-order valence-corrected chi connectivity index (χ3v) is 3.64. The summed E-state index contributed by atoms with van der Waals surface area (Å²) in [6.45, 7) is 6.57. The molecule has 4 heteroatoms. The highest BCUT2D eigenvalue weighted by Gasteiger charge is 2.33. The van der Waals surface area contributed by atoms with Crippen LogP contribution < -0.4 is 5.32 Å². The Bertz CT molecular complexity index is 326. The third-order valence-electron chi connectivity index (χ3n) is 3.64. The van der Waals surface area contributed by atoms with Crippen LogP contribution in [-0.2, 0) is 13.0 Å². The summed E-state index contributed by atoms with van der Waals surface area (Å²) < 4.78 is 2.05. The molecule has 1 aliphatic rings. The number of nitrogens with zero attached hydrogens (tertiary/aromatic N) is 3. The van der Waals surface area contributed by atoms with E-state index in [-0.39, 0.29) is 5.54 Å². The first kappa shape index (κ1) is 11.6. The normalized spacial score (nSPS) is 25.1. The van der Waals surface area contributed by atoms with Gasteiger partial charge in [0.15, 0.2) is 0 Å². The topological polar surface area (TPSA) is 42.7 Å². The van der Waals surface area contributed by atoms with E-state index >= 15 is 0 Å². The highest BCUT2D eigenvalue weighted by atomic mass is 15.3. The first-order chi connectivity index (χ1) is 7.79. The minimum absolute atomic E-state index is 0.276. The van der Waals surface area contributed by atoms with Crippen LogP contribution in [-0.4, -0.2) is 26.8 Å². The molecule has 0 saturated carbocycles. The summed E-state index contributed by atoms with van der Waals surface area (Å²) in [4.78, 5) is 4.40. The lowest BCUT2D eigenvalue weighted by atomic mass is 9.90. The lowest BCUT2D eigenvalue weighted by Crippen LogP contribution is -2.42. The largest absolute Gasteiger partial charge is 0.311 e. The summed E-state index contributed by atoms with van der Waals surface area (Å²) in [6.07, 6.45) is 7.54. The fourth-order valence-electron chi connectivity index (χ4n) is 2.57. The zero-order chi connectivity index (χ0) is 11.4. The van der Waals surface area contributed by atoms with Gasteiger partial charge in [0.25, 0.3) is 0 Å². The maximum Gasteiger partial charge on any atom is 0.138 e. The van der Waals surface area contributed by atoms with Crippen molar-refractivity contribution >= 4 is 0 Å². The van der Waals surface area contributed by atoms with Crippen molar-refractivity contribution in [3.63, 3.8) is 0 Å². The molecule has 0 aliphatic carbocycles. The molecule has 1 aromatic rings. The number of aryl methyl sites for hydroxylation is 1. The van der Waals surface area contributed by atoms with E-state index in [9.17, 15) is 0 Å². The average Bonchev–Trinajstić information content (AvgIpc) is 2.91. The van der Waals surface area contributed by atoms with Crippen molar-refractivity contribution in [2.24, 2.45) is 0 Å². The summed E-state index contributed by atoms with van der Waals surface area (Å²) in [7, 11) is 0. The molecule has 4 nitrogen and oxygen atoms in total. The highest BCUT2D eigenvalue weighted by molar-refractivity contribution is 5.01. The van der Waals surface area contributed by atoms with Gasteiger partial charge >= 0.3 is 0 Å². The van der Waals surface area contributed by atoms with E-state index in [1.165, 1.54) is 19.3 Å². The Labute approximate surface area is 97.5 Å². The summed E-state index contributed by atoms with van der Waals surface area (Å²) in [5.74, 6) is 1.14. The summed E-state index contributed by atoms with van der Waals surface area (Å²) >= 11 is 0. The predicted octanol–water partition coefficient (Wildman–Crippen LogP) is 1.76. The molecule has 1 fully saturated rings. The summed E-state index contributed by atoms with van der Waals surface area (Å²) in [5, 5.41) is 7.94. The van der Waals surface area contributed by atoms with Gasteiger partial charge in [-0.1, -0.05) is 13.8 Å². The molecule has 0 radical (unpaired) electrons. The highest BCUT2D eigenvalue weighted by Crippen LogP contribution is 2.26. The van der Waals surface area contributed by atoms with E-state index in [1.807, 2.05) is 0 Å². The predicted molar refractivity (Wildman–Crippen MR) is 64.3 cm³/mol. The molecule has 2 heterocycles. The molecule has 1 aliphatic heterocycles. The van der Waals surface area contributed by atoms with Crippen LogP contribution in [0.3, 0.4) is 0 Å². The van der Waals surface area contributed by atoms with Crippen LogP contribution in [0.1, 0.15) is 45.4 Å². The molecule has 90 valence electrons. The van der Waals surface area contributed by atoms with E-state index < -0.39 is 0 Å². The van der Waals surface area contributed by atoms with E-state index in [0.29, 0.717) is 0 Å². The van der Waals surface area contributed by atoms with Crippen LogP contribution in [0.2, 0.25) is 0 Å². The molecule has 0 amide bonds. The van der Waals surface area contributed by atoms with Gasteiger partial charge in [-0.2, -0.15) is 5.10 Å². The van der Waals surface area contributed by atoms with Crippen LogP contribution in [0.25, 0.3) is 0 Å². The molecule has 0 bridgehead atoms. The number of hydrogen-bond donors (Lipinski definition) is 1. The van der Waals surface area contributed by atoms with E-state index in [1.54, 1.807) is 6.33 Å². The molecular weight excluding hydrogens is 200 g/mol. The second-order valence-electron chi connectivity index (χ2n) is 4.74. The number of rotatable bonds is 5. The summed E-state index contributed by atoms with van der Waals surface area (Å²) in [5.41, 5.74) is 0.276. The van der Waals surface area contributed by atoms with Gasteiger partial charge in [0.05, 0.1) is 0 Å². The van der Waals surface area contributed by atoms with Crippen LogP contribution >= 0.6 is 0 Å². The molecule has 0 spiro atoms. The minimum Gasteiger partial charge on any atom is -0.311 e. The first-order valence-corrected chi connectivity index (χ1v) is 6.41. The van der Waals surface area contributed by atoms with Gasteiger partial charge in [0.1, 0.15) is 12.2 Å². The molecule has 2 rings (SSSR count). The van der Waals surface area contributed by atoms with Crippen molar-refractivity contribution in [2.45, 2.75) is 58.0 Å². The quantitative estimate of drug-likeness (QED) is 0.825. The fraction of sp³-hybridized carbons (Fsp3) is 0.833. The standard InChI is InChI=1S/C12H22N4/c1-3-8-16-11(13-10-15-16)9-12(4-2)6-5-7-14-12/h10,14H,3-9H2,1-2H3. The molecular formula is C12H22N4. The second kappa shape index (κ2) is 4.95. The number of hydrogen-bond acceptors (Lipinski definition) is 3. The van der Waals surface area contributed by atoms with Gasteiger partial charge in [-0.05, 0) is 32.2 Å². The van der Waals surface area contributed by atoms with Crippen molar-refractivity contribution in [2.75, 3.05) is 6.54 Å². The Morgan fingerprint density at radius 2 is 2.38 bits per heavy atom. The lowest BCUT2D eigenvalue weighted by Gasteiger charge is -2.27. The number of aromatic nitrogens is 3. The van der Waals surface area contributed by atoms with Gasteiger partial charge in [-0.15, -0.1) is 0 Å². The van der Waals surface area contributed by atoms with Crippen molar-refractivity contribution in [3.05, 3.63) is 12.2 Å². The van der Waals surface area contributed by atoms with Crippen molar-refractivity contribution in [1.82, 2.24) is 20.1 Å². The maximum absolute atomic E-state index is 4.40. The molecule has 0 aromatic carbocycles. The second-order valence-corrected chi connectivity index (χ2v) is 4.74. The number of nitrogens with one attached hydrogen (secondary N) is 1. The van der Waals surface area contributed by atoms with Crippen LogP contribution in [0, 0.1) is 0 Å². The average molecular weight is 222 g/mol. The molecule has 1 N–H and O–H groups in total. The van der Waals surface area contributed by atoms with E-state index in [2.05, 4.69) is 33.9 Å². The van der Waals surface area contributed by atoms with Crippen molar-refractivity contribution in [3.8, 4) is 0 Å². The molecule has 1 saturated heterocycles. The zero-order valence-corrected chi connectivity index (χ0v) is 10.4. The van der Waals surface area contributed by atoms with Crippen molar-refractivity contribution in [1.29, 1.82) is 0 Å². The zero-order valence-electron chi connectivity index (χ0n) is 10.4. The van der Waals surface area contributed by atoms with E-state index in [0.717, 1.165) is 31.8 Å². The summed E-state index contributed by atoms with van der Waals surface area (Å²) in [6, 6.07) is 0. The van der Waals surface area contributed by atoms with E-state index in [4.69, 9.17) is 0 Å². The van der Waals surface area contributed by atoms with Crippen LogP contribution in [0.15, 0.2) is 6.33 Å². The maximum atomic E-state index is 4.40. The van der Waals surface area contributed by atoms with Gasteiger partial charge in [0.2, 0.25) is 0 Å². The molecule has 1 atom stereocenters. The fourth-order valence-corrected chi connectivity index (χ4v) is 2.57. The molecule has 16 heavy (non-hydrogen) atoms. The monoisotopic (exact) mass is 222 g/mol. The third kappa shape index (κ3) is 2.26. The van der Waals surface area contributed by atoms with Gasteiger partial charge < -0.3 is 5.32 Å². The van der Waals surface area contributed by atoms with Gasteiger partial charge in [0, 0.05) is 18.5 Å². The molecule has 1 unspecified atom stereocenters. The Morgan fingerprint density at radius 1 is 1.50 bits per heavy atom. The Balaban J connectivity index is 2.09. The Kier molecular flexibility index (Phi) is 3.59. The van der Waals surface area contributed by atoms with Gasteiger partial charge in [-0.3, -0.25) is 4.68 Å². The minimum atomic E-state index is 0.276. The molecule has 1 aromatic heterocycles. The lowest BCUT2D eigenvalue weighted by molar-refractivity contribution is 0.344. The Morgan fingerprint density at radius 3 is 3.00 bits per heavy atom. The van der Waals surface area contributed by atoms with Gasteiger partial charge in [-0.25, -0.2) is 4.98 Å². The SMILES string of the molecule is CCCn1ncnc1CC1(CC)CCCN1. The van der Waals surface area contributed by atoms with Crippen LogP contribution in [0.4, 0.5) is 0 Å². The first-order valence-electron chi connectivity index (χ1n) is 6.41. The smallest absolute Gasteiger partial charge is 0.138 e. The van der Waals surface area contributed by atoms with Crippen molar-refractivity contribution < 1.29 is 0 Å². The Hall–Kier alpha value is -0.900.